The van der Waals surface area contributed by atoms with Crippen molar-refractivity contribution in [2.45, 2.75) is 38.5 Å². The second-order valence-electron chi connectivity index (χ2n) is 4.96. The molecule has 0 aliphatic heterocycles. The number of rotatable bonds is 5. The van der Waals surface area contributed by atoms with Gasteiger partial charge in [-0.25, -0.2) is 0 Å². The normalized spacial score (nSPS) is 12.1. The number of hydrogen-bond donors (Lipinski definition) is 2. The molecular weight excluding hydrogens is 326 g/mol. The van der Waals surface area contributed by atoms with Crippen LogP contribution in [0.3, 0.4) is 0 Å². The van der Waals surface area contributed by atoms with E-state index in [1.165, 1.54) is 25.1 Å². The summed E-state index contributed by atoms with van der Waals surface area (Å²) in [4.78, 5) is 11.3. The van der Waals surface area contributed by atoms with Crippen LogP contribution in [0.25, 0.3) is 0 Å². The summed E-state index contributed by atoms with van der Waals surface area (Å²) in [5, 5.41) is 9.67. The predicted molar refractivity (Wildman–Crippen MR) is 72.6 cm³/mol. The zero-order chi connectivity index (χ0) is 17.8. The van der Waals surface area contributed by atoms with Crippen molar-refractivity contribution in [3.05, 3.63) is 29.3 Å². The molecule has 2 N–H and O–H groups in total. The van der Waals surface area contributed by atoms with Gasteiger partial charge in [0.25, 0.3) is 0 Å². The zero-order valence-electron chi connectivity index (χ0n) is 12.0. The van der Waals surface area contributed by atoms with Crippen molar-refractivity contribution >= 4 is 17.3 Å². The van der Waals surface area contributed by atoms with E-state index in [-0.39, 0.29) is 17.0 Å². The standard InChI is InChI=1S/C14H14F6N2O/c1-8-2-3-9(10(21)4-5-13(15,16)17)6-11(8)22-12(23)7-14(18,19)20/h2-3,6,21H,4-5,7H2,1H3,(H,22,23). The Kier molecular flexibility index (Phi) is 5.79. The SMILES string of the molecule is Cc1ccc(C(=N)CCC(F)(F)F)cc1NC(=O)CC(F)(F)F. The molecule has 128 valence electrons. The molecule has 0 spiro atoms. The number of anilines is 1. The highest BCUT2D eigenvalue weighted by Gasteiger charge is 2.31. The van der Waals surface area contributed by atoms with Crippen LogP contribution in [0.2, 0.25) is 0 Å². The summed E-state index contributed by atoms with van der Waals surface area (Å²) in [5.41, 5.74) is 0.275. The second-order valence-corrected chi connectivity index (χ2v) is 4.96. The molecule has 0 heterocycles. The quantitative estimate of drug-likeness (QED) is 0.597. The highest BCUT2D eigenvalue weighted by atomic mass is 19.4. The fourth-order valence-corrected chi connectivity index (χ4v) is 1.73. The zero-order valence-corrected chi connectivity index (χ0v) is 12.0. The molecule has 0 radical (unpaired) electrons. The van der Waals surface area contributed by atoms with Gasteiger partial charge in [-0.3, -0.25) is 4.79 Å². The van der Waals surface area contributed by atoms with E-state index in [9.17, 15) is 31.1 Å². The van der Waals surface area contributed by atoms with Crippen molar-refractivity contribution in [2.75, 3.05) is 5.32 Å². The van der Waals surface area contributed by atoms with Gasteiger partial charge in [-0.2, -0.15) is 26.3 Å². The largest absolute Gasteiger partial charge is 0.397 e. The molecule has 1 aromatic rings. The molecule has 0 unspecified atom stereocenters. The molecule has 1 aromatic carbocycles. The third-order valence-electron chi connectivity index (χ3n) is 2.88. The van der Waals surface area contributed by atoms with Gasteiger partial charge >= 0.3 is 12.4 Å². The van der Waals surface area contributed by atoms with Crippen LogP contribution in [-0.4, -0.2) is 24.0 Å². The monoisotopic (exact) mass is 340 g/mol. The minimum absolute atomic E-state index is 0.0357. The van der Waals surface area contributed by atoms with Gasteiger partial charge in [0.15, 0.2) is 0 Å². The lowest BCUT2D eigenvalue weighted by Crippen LogP contribution is -2.21. The number of hydrogen-bond acceptors (Lipinski definition) is 2. The van der Waals surface area contributed by atoms with Gasteiger partial charge in [-0.1, -0.05) is 12.1 Å². The summed E-state index contributed by atoms with van der Waals surface area (Å²) in [5.74, 6) is -1.28. The first-order chi connectivity index (χ1) is 10.4. The van der Waals surface area contributed by atoms with Crippen LogP contribution in [0, 0.1) is 12.3 Å². The molecule has 3 nitrogen and oxygen atoms in total. The molecule has 23 heavy (non-hydrogen) atoms. The van der Waals surface area contributed by atoms with Gasteiger partial charge in [0.05, 0.1) is 0 Å². The summed E-state index contributed by atoms with van der Waals surface area (Å²) < 4.78 is 72.8. The van der Waals surface area contributed by atoms with Crippen LogP contribution in [0.1, 0.15) is 30.4 Å². The van der Waals surface area contributed by atoms with Crippen LogP contribution in [0.15, 0.2) is 18.2 Å². The van der Waals surface area contributed by atoms with Crippen LogP contribution in [-0.2, 0) is 4.79 Å². The molecule has 0 aliphatic carbocycles. The Morgan fingerprint density at radius 2 is 1.74 bits per heavy atom. The molecule has 9 heteroatoms. The number of halogens is 6. The predicted octanol–water partition coefficient (Wildman–Crippen LogP) is 4.60. The Morgan fingerprint density at radius 1 is 1.13 bits per heavy atom. The van der Waals surface area contributed by atoms with Crippen molar-refractivity contribution in [1.29, 1.82) is 5.41 Å². The fraction of sp³-hybridized carbons (Fsp3) is 0.429. The van der Waals surface area contributed by atoms with E-state index in [0.29, 0.717) is 5.56 Å². The Balaban J connectivity index is 2.83. The Morgan fingerprint density at radius 3 is 2.26 bits per heavy atom. The van der Waals surface area contributed by atoms with Crippen LogP contribution < -0.4 is 5.32 Å². The lowest BCUT2D eigenvalue weighted by molar-refractivity contribution is -0.150. The van der Waals surface area contributed by atoms with E-state index < -0.39 is 37.5 Å². The Bertz CT molecular complexity index is 592. The van der Waals surface area contributed by atoms with Crippen molar-refractivity contribution < 1.29 is 31.1 Å². The number of carbonyl (C=O) groups is 1. The minimum Gasteiger partial charge on any atom is -0.326 e. The number of carbonyl (C=O) groups excluding carboxylic acids is 1. The molecule has 0 bridgehead atoms. The van der Waals surface area contributed by atoms with Gasteiger partial charge in [-0.15, -0.1) is 0 Å². The van der Waals surface area contributed by atoms with Gasteiger partial charge in [0, 0.05) is 17.8 Å². The molecule has 0 fully saturated rings. The number of amides is 1. The third-order valence-corrected chi connectivity index (χ3v) is 2.88. The van der Waals surface area contributed by atoms with Crippen molar-refractivity contribution in [2.24, 2.45) is 0 Å². The van der Waals surface area contributed by atoms with Gasteiger partial charge in [0.2, 0.25) is 5.91 Å². The molecule has 0 aromatic heterocycles. The Labute approximate surface area is 128 Å². The average Bonchev–Trinajstić information content (AvgIpc) is 2.35. The highest BCUT2D eigenvalue weighted by molar-refractivity contribution is 6.00. The van der Waals surface area contributed by atoms with Gasteiger partial charge in [-0.05, 0) is 30.5 Å². The van der Waals surface area contributed by atoms with E-state index in [1.54, 1.807) is 0 Å². The van der Waals surface area contributed by atoms with Crippen molar-refractivity contribution in [1.82, 2.24) is 0 Å². The highest BCUT2D eigenvalue weighted by Crippen LogP contribution is 2.25. The summed E-state index contributed by atoms with van der Waals surface area (Å²) in [7, 11) is 0. The first-order valence-corrected chi connectivity index (χ1v) is 6.49. The number of alkyl halides is 6. The molecule has 0 saturated carbocycles. The molecule has 0 saturated heterocycles. The number of nitrogens with one attached hydrogen (secondary N) is 2. The summed E-state index contributed by atoms with van der Waals surface area (Å²) >= 11 is 0. The molecule has 1 amide bonds. The van der Waals surface area contributed by atoms with E-state index in [2.05, 4.69) is 5.32 Å². The lowest BCUT2D eigenvalue weighted by Gasteiger charge is -2.13. The maximum absolute atomic E-state index is 12.1. The average molecular weight is 340 g/mol. The second kappa shape index (κ2) is 7.01. The number of benzene rings is 1. The van der Waals surface area contributed by atoms with Crippen LogP contribution in [0.4, 0.5) is 32.0 Å². The maximum atomic E-state index is 12.1. The Hall–Kier alpha value is -2.06. The van der Waals surface area contributed by atoms with Crippen LogP contribution in [0.5, 0.6) is 0 Å². The van der Waals surface area contributed by atoms with Crippen LogP contribution >= 0.6 is 0 Å². The lowest BCUT2D eigenvalue weighted by atomic mass is 10.0. The van der Waals surface area contributed by atoms with E-state index >= 15 is 0 Å². The van der Waals surface area contributed by atoms with E-state index in [0.717, 1.165) is 0 Å². The van der Waals surface area contributed by atoms with Crippen molar-refractivity contribution in [3.8, 4) is 0 Å². The van der Waals surface area contributed by atoms with Gasteiger partial charge in [0.1, 0.15) is 6.42 Å². The molecular formula is C14H14F6N2O. The van der Waals surface area contributed by atoms with E-state index in [4.69, 9.17) is 5.41 Å². The van der Waals surface area contributed by atoms with Gasteiger partial charge < -0.3 is 10.7 Å². The van der Waals surface area contributed by atoms with E-state index in [1.807, 2.05) is 0 Å². The molecule has 0 aliphatic rings. The fourth-order valence-electron chi connectivity index (χ4n) is 1.73. The maximum Gasteiger partial charge on any atom is 0.397 e. The summed E-state index contributed by atoms with van der Waals surface area (Å²) in [6, 6.07) is 4.00. The minimum atomic E-state index is -4.66. The molecule has 0 atom stereocenters. The first kappa shape index (κ1) is 19.0. The summed E-state index contributed by atoms with van der Waals surface area (Å²) in [6.07, 6.45) is -12.4. The number of aryl methyl sites for hydroxylation is 1. The third kappa shape index (κ3) is 7.16. The van der Waals surface area contributed by atoms with Crippen molar-refractivity contribution in [3.63, 3.8) is 0 Å². The topological polar surface area (TPSA) is 53.0 Å². The molecule has 1 rings (SSSR count). The summed E-state index contributed by atoms with van der Waals surface area (Å²) in [6.45, 7) is 1.52. The smallest absolute Gasteiger partial charge is 0.326 e. The first-order valence-electron chi connectivity index (χ1n) is 6.49.